The number of hydrogen-bond donors (Lipinski definition) is 0. The molecule has 1 atom stereocenters. The van der Waals surface area contributed by atoms with Gasteiger partial charge in [0.25, 0.3) is 0 Å². The van der Waals surface area contributed by atoms with Gasteiger partial charge in [-0.3, -0.25) is 0 Å². The molecule has 2 rings (SSSR count). The molecule has 0 N–H and O–H groups in total. The summed E-state index contributed by atoms with van der Waals surface area (Å²) in [6, 6.07) is 13.3. The Morgan fingerprint density at radius 1 is 0.633 bits per heavy atom. The molecule has 0 aliphatic carbocycles. The Bertz CT molecular complexity index is 660. The molecule has 30 heavy (non-hydrogen) atoms. The zero-order valence-electron chi connectivity index (χ0n) is 19.8. The van der Waals surface area contributed by atoms with Gasteiger partial charge in [-0.1, -0.05) is 116 Å². The number of benzene rings is 1. The molecule has 1 aromatic carbocycles. The third-order valence-corrected chi connectivity index (χ3v) is 6.25. The van der Waals surface area contributed by atoms with E-state index in [1.807, 2.05) is 0 Å². The number of rotatable bonds is 16. The van der Waals surface area contributed by atoms with Gasteiger partial charge in [-0.25, -0.2) is 0 Å². The van der Waals surface area contributed by atoms with Crippen LogP contribution in [0, 0.1) is 0 Å². The summed E-state index contributed by atoms with van der Waals surface area (Å²) in [7, 11) is 0. The van der Waals surface area contributed by atoms with E-state index in [2.05, 4.69) is 67.4 Å². The normalized spacial score (nSPS) is 12.2. The van der Waals surface area contributed by atoms with Crippen LogP contribution in [0.15, 0.2) is 36.4 Å². The predicted octanol–water partition coefficient (Wildman–Crippen LogP) is 8.90. The molecule has 166 valence electrons. The van der Waals surface area contributed by atoms with E-state index in [0.29, 0.717) is 5.92 Å². The van der Waals surface area contributed by atoms with Crippen LogP contribution >= 0.6 is 0 Å². The van der Waals surface area contributed by atoms with Gasteiger partial charge < -0.3 is 0 Å². The molecule has 0 bridgehead atoms. The highest BCUT2D eigenvalue weighted by Gasteiger charge is 2.08. The van der Waals surface area contributed by atoms with E-state index in [0.717, 1.165) is 11.4 Å². The number of aromatic nitrogens is 2. The average molecular weight is 409 g/mol. The standard InChI is InChI=1S/C28H44N2/c1-4-6-8-10-11-12-13-15-17-25-18-20-26(21-19-25)28-23-22-27(29-30-28)24(3)16-14-9-7-5-2/h18-24H,4-17H2,1-3H3. The number of hydrogen-bond acceptors (Lipinski definition) is 2. The van der Waals surface area contributed by atoms with Gasteiger partial charge in [-0.2, -0.15) is 10.2 Å². The van der Waals surface area contributed by atoms with Crippen LogP contribution < -0.4 is 0 Å². The zero-order valence-corrected chi connectivity index (χ0v) is 19.8. The second kappa shape index (κ2) is 15.2. The molecule has 0 aliphatic heterocycles. The van der Waals surface area contributed by atoms with Gasteiger partial charge in [0.05, 0.1) is 11.4 Å². The molecule has 1 aromatic heterocycles. The van der Waals surface area contributed by atoms with E-state index in [-0.39, 0.29) is 0 Å². The van der Waals surface area contributed by atoms with Gasteiger partial charge in [0.2, 0.25) is 0 Å². The fourth-order valence-corrected chi connectivity index (χ4v) is 4.09. The highest BCUT2D eigenvalue weighted by Crippen LogP contribution is 2.23. The van der Waals surface area contributed by atoms with Crippen molar-refractivity contribution in [3.63, 3.8) is 0 Å². The molecule has 1 unspecified atom stereocenters. The summed E-state index contributed by atoms with van der Waals surface area (Å²) in [4.78, 5) is 0. The fraction of sp³-hybridized carbons (Fsp3) is 0.643. The van der Waals surface area contributed by atoms with E-state index < -0.39 is 0 Å². The fourth-order valence-electron chi connectivity index (χ4n) is 4.09. The maximum atomic E-state index is 4.52. The highest BCUT2D eigenvalue weighted by molar-refractivity contribution is 5.58. The summed E-state index contributed by atoms with van der Waals surface area (Å²) < 4.78 is 0. The third kappa shape index (κ3) is 9.41. The lowest BCUT2D eigenvalue weighted by Gasteiger charge is -2.10. The Morgan fingerprint density at radius 2 is 1.23 bits per heavy atom. The van der Waals surface area contributed by atoms with Crippen molar-refractivity contribution in [2.75, 3.05) is 0 Å². The van der Waals surface area contributed by atoms with Crippen molar-refractivity contribution in [3.05, 3.63) is 47.7 Å². The molecule has 2 aromatic rings. The third-order valence-electron chi connectivity index (χ3n) is 6.25. The summed E-state index contributed by atoms with van der Waals surface area (Å²) in [5.74, 6) is 0.498. The van der Waals surface area contributed by atoms with Crippen molar-refractivity contribution in [2.45, 2.75) is 117 Å². The van der Waals surface area contributed by atoms with E-state index >= 15 is 0 Å². The molecular weight excluding hydrogens is 364 g/mol. The predicted molar refractivity (Wildman–Crippen MR) is 131 cm³/mol. The topological polar surface area (TPSA) is 25.8 Å². The van der Waals surface area contributed by atoms with E-state index in [4.69, 9.17) is 0 Å². The van der Waals surface area contributed by atoms with Crippen LogP contribution in [0.2, 0.25) is 0 Å². The molecule has 2 heteroatoms. The van der Waals surface area contributed by atoms with Gasteiger partial charge in [-0.15, -0.1) is 0 Å². The first-order chi connectivity index (χ1) is 14.7. The van der Waals surface area contributed by atoms with Crippen LogP contribution in [-0.2, 0) is 6.42 Å². The first-order valence-corrected chi connectivity index (χ1v) is 12.7. The smallest absolute Gasteiger partial charge is 0.0929 e. The number of aryl methyl sites for hydroxylation is 1. The second-order valence-corrected chi connectivity index (χ2v) is 9.02. The summed E-state index contributed by atoms with van der Waals surface area (Å²) in [5, 5.41) is 9.03. The molecule has 0 fully saturated rings. The maximum Gasteiger partial charge on any atom is 0.0929 e. The average Bonchev–Trinajstić information content (AvgIpc) is 2.79. The van der Waals surface area contributed by atoms with Crippen LogP contribution in [0.5, 0.6) is 0 Å². The van der Waals surface area contributed by atoms with Gasteiger partial charge >= 0.3 is 0 Å². The Balaban J connectivity index is 1.72. The molecule has 2 nitrogen and oxygen atoms in total. The van der Waals surface area contributed by atoms with Gasteiger partial charge in [0.15, 0.2) is 0 Å². The lowest BCUT2D eigenvalue weighted by atomic mass is 9.98. The molecule has 0 aliphatic rings. The Labute approximate surface area is 185 Å². The van der Waals surface area contributed by atoms with Crippen LogP contribution in [0.25, 0.3) is 11.3 Å². The molecule has 0 saturated heterocycles. The number of unbranched alkanes of at least 4 members (excludes halogenated alkanes) is 10. The van der Waals surface area contributed by atoms with Gasteiger partial charge in [0.1, 0.15) is 0 Å². The highest BCUT2D eigenvalue weighted by atomic mass is 15.1. The maximum absolute atomic E-state index is 4.52. The first kappa shape index (κ1) is 24.6. The van der Waals surface area contributed by atoms with Crippen LogP contribution in [0.1, 0.15) is 121 Å². The molecule has 1 heterocycles. The lowest BCUT2D eigenvalue weighted by Crippen LogP contribution is -2.00. The first-order valence-electron chi connectivity index (χ1n) is 12.7. The summed E-state index contributed by atoms with van der Waals surface area (Å²) in [5.41, 5.74) is 4.72. The number of nitrogens with zero attached hydrogens (tertiary/aromatic N) is 2. The van der Waals surface area contributed by atoms with Crippen molar-refractivity contribution in [1.29, 1.82) is 0 Å². The zero-order chi connectivity index (χ0) is 21.4. The van der Waals surface area contributed by atoms with E-state index in [1.165, 1.54) is 101 Å². The van der Waals surface area contributed by atoms with Crippen molar-refractivity contribution in [1.82, 2.24) is 10.2 Å². The molecule has 0 amide bonds. The molecule has 0 spiro atoms. The van der Waals surface area contributed by atoms with Gasteiger partial charge in [-0.05, 0) is 37.0 Å². The van der Waals surface area contributed by atoms with E-state index in [9.17, 15) is 0 Å². The van der Waals surface area contributed by atoms with E-state index in [1.54, 1.807) is 0 Å². The monoisotopic (exact) mass is 408 g/mol. The summed E-state index contributed by atoms with van der Waals surface area (Å²) in [6.45, 7) is 6.82. The second-order valence-electron chi connectivity index (χ2n) is 9.02. The Hall–Kier alpha value is -1.70. The Kier molecular flexibility index (Phi) is 12.4. The van der Waals surface area contributed by atoms with Crippen molar-refractivity contribution >= 4 is 0 Å². The minimum atomic E-state index is 0.498. The van der Waals surface area contributed by atoms with Crippen molar-refractivity contribution in [3.8, 4) is 11.3 Å². The van der Waals surface area contributed by atoms with Crippen molar-refractivity contribution in [2.24, 2.45) is 0 Å². The molecular formula is C28H44N2. The van der Waals surface area contributed by atoms with Crippen LogP contribution in [-0.4, -0.2) is 10.2 Å². The summed E-state index contributed by atoms with van der Waals surface area (Å²) >= 11 is 0. The minimum absolute atomic E-state index is 0.498. The molecule has 0 saturated carbocycles. The SMILES string of the molecule is CCCCCCCCCCc1ccc(-c2ccc(C(C)CCCCCC)nn2)cc1. The molecule has 0 radical (unpaired) electrons. The Morgan fingerprint density at radius 3 is 1.83 bits per heavy atom. The minimum Gasteiger partial charge on any atom is -0.155 e. The quantitative estimate of drug-likeness (QED) is 0.259. The van der Waals surface area contributed by atoms with Crippen LogP contribution in [0.3, 0.4) is 0 Å². The largest absolute Gasteiger partial charge is 0.155 e. The summed E-state index contributed by atoms with van der Waals surface area (Å²) in [6.07, 6.45) is 18.7. The van der Waals surface area contributed by atoms with Gasteiger partial charge in [0, 0.05) is 11.5 Å². The lowest BCUT2D eigenvalue weighted by molar-refractivity contribution is 0.568. The van der Waals surface area contributed by atoms with Crippen molar-refractivity contribution < 1.29 is 0 Å². The van der Waals surface area contributed by atoms with Crippen LogP contribution in [0.4, 0.5) is 0 Å².